The van der Waals surface area contributed by atoms with Crippen LogP contribution in [-0.2, 0) is 17.8 Å². The summed E-state index contributed by atoms with van der Waals surface area (Å²) in [6.07, 6.45) is 5.45. The molecule has 1 aromatic carbocycles. The van der Waals surface area contributed by atoms with Gasteiger partial charge in [0.2, 0.25) is 0 Å². The van der Waals surface area contributed by atoms with Crippen LogP contribution < -0.4 is 4.90 Å². The van der Waals surface area contributed by atoms with E-state index in [4.69, 9.17) is 14.7 Å². The number of morpholine rings is 1. The third-order valence-electron chi connectivity index (χ3n) is 5.58. The van der Waals surface area contributed by atoms with Gasteiger partial charge in [-0.15, -0.1) is 0 Å². The second-order valence-corrected chi connectivity index (χ2v) is 8.07. The Bertz CT molecular complexity index is 1210. The number of hydrogen-bond donors (Lipinski definition) is 1. The summed E-state index contributed by atoms with van der Waals surface area (Å²) in [7, 11) is 2.05. The van der Waals surface area contributed by atoms with Crippen LogP contribution in [0, 0.1) is 5.82 Å². The van der Waals surface area contributed by atoms with Crippen molar-refractivity contribution in [2.45, 2.75) is 13.1 Å². The molecule has 0 bridgehead atoms. The lowest BCUT2D eigenvalue weighted by Crippen LogP contribution is -2.37. The number of benzene rings is 1. The zero-order chi connectivity index (χ0) is 21.9. The van der Waals surface area contributed by atoms with E-state index in [9.17, 15) is 4.39 Å². The number of aromatic nitrogens is 4. The minimum Gasteiger partial charge on any atom is -0.378 e. The topological polar surface area (TPSA) is 70.2 Å². The number of nitrogens with one attached hydrogen (secondary N) is 1. The van der Waals surface area contributed by atoms with E-state index in [-0.39, 0.29) is 5.82 Å². The van der Waals surface area contributed by atoms with Crippen LogP contribution in [0.5, 0.6) is 0 Å². The van der Waals surface area contributed by atoms with Crippen molar-refractivity contribution in [3.63, 3.8) is 0 Å². The number of anilines is 1. The van der Waals surface area contributed by atoms with Gasteiger partial charge >= 0.3 is 0 Å². The number of fused-ring (bicyclic) bond motifs is 1. The first-order valence-electron chi connectivity index (χ1n) is 10.7. The normalized spacial score (nSPS) is 14.4. The van der Waals surface area contributed by atoms with Gasteiger partial charge in [-0.2, -0.15) is 0 Å². The third-order valence-corrected chi connectivity index (χ3v) is 5.58. The summed E-state index contributed by atoms with van der Waals surface area (Å²) in [6.45, 7) is 4.25. The van der Waals surface area contributed by atoms with Crippen molar-refractivity contribution in [3.8, 4) is 11.4 Å². The first kappa shape index (κ1) is 20.5. The molecule has 7 nitrogen and oxygen atoms in total. The molecule has 0 amide bonds. The van der Waals surface area contributed by atoms with Gasteiger partial charge in [0.05, 0.1) is 18.9 Å². The smallest absolute Gasteiger partial charge is 0.162 e. The summed E-state index contributed by atoms with van der Waals surface area (Å²) >= 11 is 0. The van der Waals surface area contributed by atoms with Crippen LogP contribution in [0.2, 0.25) is 0 Å². The second kappa shape index (κ2) is 9.02. The predicted octanol–water partition coefficient (Wildman–Crippen LogP) is 3.63. The quantitative estimate of drug-likeness (QED) is 0.502. The van der Waals surface area contributed by atoms with E-state index in [0.717, 1.165) is 47.6 Å². The number of hydrogen-bond acceptors (Lipinski definition) is 6. The van der Waals surface area contributed by atoms with Gasteiger partial charge in [-0.1, -0.05) is 6.07 Å². The molecule has 1 aliphatic heterocycles. The largest absolute Gasteiger partial charge is 0.378 e. The molecule has 0 saturated carbocycles. The van der Waals surface area contributed by atoms with Crippen molar-refractivity contribution >= 4 is 16.7 Å². The van der Waals surface area contributed by atoms with Crippen molar-refractivity contribution in [1.29, 1.82) is 0 Å². The van der Waals surface area contributed by atoms with Gasteiger partial charge in [0.25, 0.3) is 0 Å². The Labute approximate surface area is 185 Å². The van der Waals surface area contributed by atoms with Gasteiger partial charge in [-0.3, -0.25) is 9.88 Å². The van der Waals surface area contributed by atoms with Gasteiger partial charge < -0.3 is 14.6 Å². The molecule has 5 rings (SSSR count). The van der Waals surface area contributed by atoms with Crippen molar-refractivity contribution in [2.24, 2.45) is 0 Å². The van der Waals surface area contributed by atoms with Crippen LogP contribution in [0.15, 0.2) is 55.0 Å². The number of nitrogens with zero attached hydrogens (tertiary/aromatic N) is 5. The average Bonchev–Trinajstić information content (AvgIpc) is 3.28. The van der Waals surface area contributed by atoms with Crippen molar-refractivity contribution in [2.75, 3.05) is 38.3 Å². The van der Waals surface area contributed by atoms with Gasteiger partial charge in [-0.05, 0) is 36.9 Å². The SMILES string of the molecule is CN(Cc1cccnc1)Cc1cc(N2CCOCC2)nc(-c2cc(F)cc3[nH]ccc23)n1. The molecule has 32 heavy (non-hydrogen) atoms. The van der Waals surface area contributed by atoms with Gasteiger partial charge in [0.15, 0.2) is 5.82 Å². The first-order valence-corrected chi connectivity index (χ1v) is 10.7. The number of aromatic amines is 1. The van der Waals surface area contributed by atoms with Crippen LogP contribution in [0.3, 0.4) is 0 Å². The minimum atomic E-state index is -0.314. The fourth-order valence-corrected chi connectivity index (χ4v) is 4.09. The molecule has 0 atom stereocenters. The molecule has 1 fully saturated rings. The molecule has 0 spiro atoms. The van der Waals surface area contributed by atoms with Crippen LogP contribution in [0.25, 0.3) is 22.3 Å². The highest BCUT2D eigenvalue weighted by molar-refractivity contribution is 5.93. The molecular weight excluding hydrogens is 407 g/mol. The fraction of sp³-hybridized carbons (Fsp3) is 0.292. The van der Waals surface area contributed by atoms with E-state index >= 15 is 0 Å². The Balaban J connectivity index is 1.52. The average molecular weight is 433 g/mol. The van der Waals surface area contributed by atoms with E-state index in [2.05, 4.69) is 32.9 Å². The highest BCUT2D eigenvalue weighted by Crippen LogP contribution is 2.29. The van der Waals surface area contributed by atoms with Gasteiger partial charge in [0.1, 0.15) is 11.6 Å². The Morgan fingerprint density at radius 1 is 1.12 bits per heavy atom. The minimum absolute atomic E-state index is 0.314. The van der Waals surface area contributed by atoms with Crippen molar-refractivity contribution in [3.05, 3.63) is 72.1 Å². The molecule has 1 N–H and O–H groups in total. The summed E-state index contributed by atoms with van der Waals surface area (Å²) in [6, 6.07) is 11.0. The molecule has 8 heteroatoms. The molecule has 4 aromatic rings. The van der Waals surface area contributed by atoms with Crippen LogP contribution in [0.1, 0.15) is 11.3 Å². The second-order valence-electron chi connectivity index (χ2n) is 8.07. The Kier molecular flexibility index (Phi) is 5.79. The van der Waals surface area contributed by atoms with E-state index in [0.29, 0.717) is 31.1 Å². The van der Waals surface area contributed by atoms with Crippen LogP contribution in [0.4, 0.5) is 10.2 Å². The molecule has 1 saturated heterocycles. The zero-order valence-electron chi connectivity index (χ0n) is 18.0. The summed E-state index contributed by atoms with van der Waals surface area (Å²) in [5.41, 5.74) is 3.44. The third kappa shape index (κ3) is 4.46. The zero-order valence-corrected chi connectivity index (χ0v) is 18.0. The molecule has 164 valence electrons. The first-order chi connectivity index (χ1) is 15.7. The van der Waals surface area contributed by atoms with Crippen molar-refractivity contribution < 1.29 is 9.13 Å². The van der Waals surface area contributed by atoms with E-state index in [1.807, 2.05) is 30.6 Å². The monoisotopic (exact) mass is 432 g/mol. The Morgan fingerprint density at radius 2 is 2.00 bits per heavy atom. The Hall–Kier alpha value is -3.36. The van der Waals surface area contributed by atoms with Crippen LogP contribution in [-0.4, -0.2) is 58.2 Å². The molecule has 0 unspecified atom stereocenters. The number of pyridine rings is 1. The number of ether oxygens (including phenoxy) is 1. The number of H-pyrrole nitrogens is 1. The maximum absolute atomic E-state index is 14.4. The lowest BCUT2D eigenvalue weighted by atomic mass is 10.1. The maximum Gasteiger partial charge on any atom is 0.162 e. The predicted molar refractivity (Wildman–Crippen MR) is 122 cm³/mol. The Morgan fingerprint density at radius 3 is 2.81 bits per heavy atom. The van der Waals surface area contributed by atoms with Gasteiger partial charge in [0, 0.05) is 67.3 Å². The lowest BCUT2D eigenvalue weighted by molar-refractivity contribution is 0.122. The molecule has 3 aromatic heterocycles. The maximum atomic E-state index is 14.4. The molecular formula is C24H25FN6O. The van der Waals surface area contributed by atoms with E-state index < -0.39 is 0 Å². The fourth-order valence-electron chi connectivity index (χ4n) is 4.09. The highest BCUT2D eigenvalue weighted by atomic mass is 19.1. The highest BCUT2D eigenvalue weighted by Gasteiger charge is 2.18. The van der Waals surface area contributed by atoms with Gasteiger partial charge in [-0.25, -0.2) is 14.4 Å². The molecule has 1 aliphatic rings. The van der Waals surface area contributed by atoms with E-state index in [1.165, 1.54) is 12.1 Å². The van der Waals surface area contributed by atoms with E-state index in [1.54, 1.807) is 6.20 Å². The summed E-state index contributed by atoms with van der Waals surface area (Å²) in [5, 5.41) is 0.903. The summed E-state index contributed by atoms with van der Waals surface area (Å²) in [4.78, 5) is 21.4. The number of rotatable bonds is 6. The number of halogens is 1. The summed E-state index contributed by atoms with van der Waals surface area (Å²) < 4.78 is 19.9. The molecule has 0 radical (unpaired) electrons. The molecule has 0 aliphatic carbocycles. The lowest BCUT2D eigenvalue weighted by Gasteiger charge is -2.28. The molecule has 4 heterocycles. The van der Waals surface area contributed by atoms with Crippen molar-refractivity contribution in [1.82, 2.24) is 24.8 Å². The standard InChI is InChI=1S/C24H25FN6O/c1-30(15-17-3-2-5-26-14-17)16-19-13-23(31-7-9-32-10-8-31)29-24(28-19)21-11-18(25)12-22-20(21)4-6-27-22/h2-6,11-14,27H,7-10,15-16H2,1H3. The summed E-state index contributed by atoms with van der Waals surface area (Å²) in [5.74, 6) is 1.06. The van der Waals surface area contributed by atoms with Crippen LogP contribution >= 0.6 is 0 Å².